The molecule has 1 amide bonds. The quantitative estimate of drug-likeness (QED) is 0.541. The molecule has 0 aliphatic heterocycles. The van der Waals surface area contributed by atoms with E-state index in [1.165, 1.54) is 18.3 Å². The number of carbonyl (C=O) groups is 1. The monoisotopic (exact) mass is 370 g/mol. The van der Waals surface area contributed by atoms with Gasteiger partial charge in [0.25, 0.3) is 11.6 Å². The largest absolute Gasteiger partial charge is 0.319 e. The predicted octanol–water partition coefficient (Wildman–Crippen LogP) is 4.05. The minimum Gasteiger partial charge on any atom is -0.319 e. The summed E-state index contributed by atoms with van der Waals surface area (Å²) in [7, 11) is 0. The summed E-state index contributed by atoms with van der Waals surface area (Å²) < 4.78 is 1.68. The maximum absolute atomic E-state index is 12.4. The number of nitrogens with zero attached hydrogens (tertiary/aromatic N) is 3. The Hall–Kier alpha value is -3.19. The van der Waals surface area contributed by atoms with Crippen LogP contribution in [-0.4, -0.2) is 20.6 Å². The van der Waals surface area contributed by atoms with Gasteiger partial charge < -0.3 is 5.32 Å². The van der Waals surface area contributed by atoms with Gasteiger partial charge in [0.15, 0.2) is 0 Å². The minimum atomic E-state index is -0.504. The van der Waals surface area contributed by atoms with Gasteiger partial charge in [0.2, 0.25) is 0 Å². The lowest BCUT2D eigenvalue weighted by molar-refractivity contribution is -0.385. The lowest BCUT2D eigenvalue weighted by atomic mass is 10.1. The highest BCUT2D eigenvalue weighted by atomic mass is 35.5. The average molecular weight is 371 g/mol. The Balaban J connectivity index is 1.73. The van der Waals surface area contributed by atoms with E-state index in [4.69, 9.17) is 11.6 Å². The molecule has 132 valence electrons. The molecule has 2 aromatic carbocycles. The highest BCUT2D eigenvalue weighted by Gasteiger charge is 2.18. The van der Waals surface area contributed by atoms with E-state index < -0.39 is 10.8 Å². The Bertz CT molecular complexity index is 967. The zero-order chi connectivity index (χ0) is 18.7. The second kappa shape index (κ2) is 7.37. The molecule has 7 nitrogen and oxygen atoms in total. The molecule has 0 aliphatic rings. The van der Waals surface area contributed by atoms with Gasteiger partial charge in [0.05, 0.1) is 23.4 Å². The fourth-order valence-corrected chi connectivity index (χ4v) is 2.68. The second-order valence-corrected chi connectivity index (χ2v) is 6.15. The minimum absolute atomic E-state index is 0.0870. The van der Waals surface area contributed by atoms with Crippen molar-refractivity contribution in [1.82, 2.24) is 9.78 Å². The van der Waals surface area contributed by atoms with E-state index >= 15 is 0 Å². The summed E-state index contributed by atoms with van der Waals surface area (Å²) in [6, 6.07) is 11.8. The Labute approximate surface area is 154 Å². The first-order chi connectivity index (χ1) is 12.4. The van der Waals surface area contributed by atoms with Crippen molar-refractivity contribution in [3.8, 4) is 0 Å². The lowest BCUT2D eigenvalue weighted by Gasteiger charge is -2.06. The van der Waals surface area contributed by atoms with Crippen molar-refractivity contribution in [2.75, 3.05) is 5.32 Å². The van der Waals surface area contributed by atoms with E-state index in [-0.39, 0.29) is 11.3 Å². The third kappa shape index (κ3) is 3.89. The van der Waals surface area contributed by atoms with E-state index in [0.29, 0.717) is 22.8 Å². The van der Waals surface area contributed by atoms with Crippen LogP contribution in [0, 0.1) is 17.0 Å². The number of nitrogens with one attached hydrogen (secondary N) is 1. The Morgan fingerprint density at radius 1 is 1.27 bits per heavy atom. The molecule has 26 heavy (non-hydrogen) atoms. The number of rotatable bonds is 5. The Kier molecular flexibility index (Phi) is 4.99. The number of nitro groups is 1. The number of aromatic nitrogens is 2. The molecule has 0 saturated carbocycles. The molecule has 0 spiro atoms. The van der Waals surface area contributed by atoms with Crippen LogP contribution < -0.4 is 5.32 Å². The SMILES string of the molecule is Cc1c(C(=O)Nc2cnn(Cc3ccc(Cl)cc3)c2)cccc1[N+](=O)[O-]. The van der Waals surface area contributed by atoms with Crippen LogP contribution in [0.3, 0.4) is 0 Å². The molecule has 8 heteroatoms. The fourth-order valence-electron chi connectivity index (χ4n) is 2.56. The van der Waals surface area contributed by atoms with Crippen molar-refractivity contribution in [1.29, 1.82) is 0 Å². The molecule has 3 rings (SSSR count). The van der Waals surface area contributed by atoms with Gasteiger partial charge in [-0.2, -0.15) is 5.10 Å². The maximum atomic E-state index is 12.4. The van der Waals surface area contributed by atoms with Crippen LogP contribution in [0.1, 0.15) is 21.5 Å². The molecule has 0 atom stereocenters. The van der Waals surface area contributed by atoms with Crippen LogP contribution in [0.2, 0.25) is 5.02 Å². The summed E-state index contributed by atoms with van der Waals surface area (Å²) in [6.07, 6.45) is 3.22. The summed E-state index contributed by atoms with van der Waals surface area (Å²) in [4.78, 5) is 22.9. The van der Waals surface area contributed by atoms with E-state index in [9.17, 15) is 14.9 Å². The predicted molar refractivity (Wildman–Crippen MR) is 98.6 cm³/mol. The van der Waals surface area contributed by atoms with Crippen LogP contribution in [-0.2, 0) is 6.54 Å². The molecule has 0 bridgehead atoms. The molecule has 0 aliphatic carbocycles. The number of anilines is 1. The highest BCUT2D eigenvalue weighted by molar-refractivity contribution is 6.30. The Morgan fingerprint density at radius 3 is 2.69 bits per heavy atom. The molecule has 0 fully saturated rings. The summed E-state index contributed by atoms with van der Waals surface area (Å²) in [5.41, 5.74) is 2.02. The molecule has 0 unspecified atom stereocenters. The number of hydrogen-bond acceptors (Lipinski definition) is 4. The van der Waals surface area contributed by atoms with Gasteiger partial charge >= 0.3 is 0 Å². The normalized spacial score (nSPS) is 10.5. The van der Waals surface area contributed by atoms with Crippen LogP contribution >= 0.6 is 11.6 Å². The molecule has 0 radical (unpaired) electrons. The zero-order valence-corrected chi connectivity index (χ0v) is 14.6. The molecule has 3 aromatic rings. The molecular weight excluding hydrogens is 356 g/mol. The maximum Gasteiger partial charge on any atom is 0.273 e. The van der Waals surface area contributed by atoms with Crippen molar-refractivity contribution >= 4 is 28.9 Å². The summed E-state index contributed by atoms with van der Waals surface area (Å²) >= 11 is 5.87. The topological polar surface area (TPSA) is 90.1 Å². The number of carbonyl (C=O) groups excluding carboxylic acids is 1. The van der Waals surface area contributed by atoms with Crippen molar-refractivity contribution in [2.45, 2.75) is 13.5 Å². The summed E-state index contributed by atoms with van der Waals surface area (Å²) in [5, 5.41) is 18.6. The zero-order valence-electron chi connectivity index (χ0n) is 13.8. The third-order valence-corrected chi connectivity index (χ3v) is 4.15. The highest BCUT2D eigenvalue weighted by Crippen LogP contribution is 2.22. The van der Waals surface area contributed by atoms with Crippen molar-refractivity contribution in [3.63, 3.8) is 0 Å². The van der Waals surface area contributed by atoms with Crippen molar-refractivity contribution in [3.05, 3.63) is 86.7 Å². The van der Waals surface area contributed by atoms with Gasteiger partial charge in [-0.25, -0.2) is 0 Å². The van der Waals surface area contributed by atoms with Gasteiger partial charge in [-0.05, 0) is 30.7 Å². The lowest BCUT2D eigenvalue weighted by Crippen LogP contribution is -2.13. The Morgan fingerprint density at radius 2 is 2.00 bits per heavy atom. The summed E-state index contributed by atoms with van der Waals surface area (Å²) in [5.74, 6) is -0.419. The van der Waals surface area contributed by atoms with Crippen LogP contribution in [0.5, 0.6) is 0 Å². The molecule has 1 N–H and O–H groups in total. The molecule has 1 heterocycles. The van der Waals surface area contributed by atoms with Crippen LogP contribution in [0.25, 0.3) is 0 Å². The van der Waals surface area contributed by atoms with E-state index in [1.807, 2.05) is 12.1 Å². The van der Waals surface area contributed by atoms with Crippen molar-refractivity contribution < 1.29 is 9.72 Å². The van der Waals surface area contributed by atoms with E-state index in [2.05, 4.69) is 10.4 Å². The number of halogens is 1. The van der Waals surface area contributed by atoms with Gasteiger partial charge in [0.1, 0.15) is 0 Å². The molecule has 0 saturated heterocycles. The smallest absolute Gasteiger partial charge is 0.273 e. The number of benzene rings is 2. The van der Waals surface area contributed by atoms with Crippen LogP contribution in [0.15, 0.2) is 54.9 Å². The molecular formula is C18H15ClN4O3. The van der Waals surface area contributed by atoms with Gasteiger partial charge in [-0.3, -0.25) is 19.6 Å². The number of nitro benzene ring substituents is 1. The first-order valence-electron chi connectivity index (χ1n) is 7.76. The first kappa shape index (κ1) is 17.6. The second-order valence-electron chi connectivity index (χ2n) is 5.71. The average Bonchev–Trinajstić information content (AvgIpc) is 3.03. The number of hydrogen-bond donors (Lipinski definition) is 1. The van der Waals surface area contributed by atoms with Gasteiger partial charge in [0, 0.05) is 28.4 Å². The first-order valence-corrected chi connectivity index (χ1v) is 8.14. The third-order valence-electron chi connectivity index (χ3n) is 3.90. The van der Waals surface area contributed by atoms with Crippen molar-refractivity contribution in [2.24, 2.45) is 0 Å². The van der Waals surface area contributed by atoms with E-state index in [1.54, 1.807) is 36.0 Å². The summed E-state index contributed by atoms with van der Waals surface area (Å²) in [6.45, 7) is 2.08. The van der Waals surface area contributed by atoms with Crippen LogP contribution in [0.4, 0.5) is 11.4 Å². The van der Waals surface area contributed by atoms with E-state index in [0.717, 1.165) is 5.56 Å². The number of amides is 1. The van der Waals surface area contributed by atoms with Gasteiger partial charge in [-0.1, -0.05) is 29.8 Å². The molecule has 1 aromatic heterocycles. The van der Waals surface area contributed by atoms with Gasteiger partial charge in [-0.15, -0.1) is 0 Å². The fraction of sp³-hybridized carbons (Fsp3) is 0.111. The standard InChI is InChI=1S/C18H15ClN4O3/c1-12-16(3-2-4-17(12)23(25)26)18(24)21-15-9-20-22(11-15)10-13-5-7-14(19)8-6-13/h2-9,11H,10H2,1H3,(H,21,24).